The predicted molar refractivity (Wildman–Crippen MR) is 108 cm³/mol. The molecule has 1 unspecified atom stereocenters. The van der Waals surface area contributed by atoms with Gasteiger partial charge in [0.25, 0.3) is 0 Å². The van der Waals surface area contributed by atoms with Crippen LogP contribution in [0, 0.1) is 5.92 Å². The molecule has 0 aromatic rings. The second kappa shape index (κ2) is 20.0. The molecule has 23 heavy (non-hydrogen) atoms. The van der Waals surface area contributed by atoms with Crippen LogP contribution in [0.1, 0.15) is 143 Å². The zero-order chi connectivity index (χ0) is 17.0. The van der Waals surface area contributed by atoms with Crippen molar-refractivity contribution in [3.63, 3.8) is 0 Å². The average Bonchev–Trinajstić information content (AvgIpc) is 2.56. The minimum absolute atomic E-state index is 1.04. The Balaban J connectivity index is 3.34. The zero-order valence-corrected chi connectivity index (χ0v) is 17.0. The van der Waals surface area contributed by atoms with Crippen molar-refractivity contribution >= 4 is 0 Å². The quantitative estimate of drug-likeness (QED) is 0.208. The summed E-state index contributed by atoms with van der Waals surface area (Å²) < 4.78 is 0. The molecule has 0 bridgehead atoms. The van der Waals surface area contributed by atoms with Crippen molar-refractivity contribution in [2.24, 2.45) is 5.92 Å². The van der Waals surface area contributed by atoms with Crippen LogP contribution in [0.5, 0.6) is 0 Å². The van der Waals surface area contributed by atoms with Crippen molar-refractivity contribution in [1.29, 1.82) is 0 Å². The molecule has 0 heterocycles. The molecule has 0 rings (SSSR count). The van der Waals surface area contributed by atoms with Gasteiger partial charge in [0.2, 0.25) is 0 Å². The summed E-state index contributed by atoms with van der Waals surface area (Å²) in [4.78, 5) is 0. The molecular formula is C23H48. The van der Waals surface area contributed by atoms with Crippen LogP contribution in [0.2, 0.25) is 0 Å². The van der Waals surface area contributed by atoms with E-state index < -0.39 is 0 Å². The average molecular weight is 325 g/mol. The number of unbranched alkanes of at least 4 members (excludes halogenated alkanes) is 13. The summed E-state index contributed by atoms with van der Waals surface area (Å²) in [6.45, 7) is 6.98. The van der Waals surface area contributed by atoms with E-state index >= 15 is 0 Å². The summed E-state index contributed by atoms with van der Waals surface area (Å²) in [5.74, 6) is 1.04. The second-order valence-corrected chi connectivity index (χ2v) is 7.83. The van der Waals surface area contributed by atoms with E-state index in [9.17, 15) is 0 Å². The summed E-state index contributed by atoms with van der Waals surface area (Å²) in [6.07, 6.45) is 27.8. The van der Waals surface area contributed by atoms with Crippen LogP contribution >= 0.6 is 0 Å². The van der Waals surface area contributed by atoms with Gasteiger partial charge >= 0.3 is 0 Å². The van der Waals surface area contributed by atoms with Crippen LogP contribution in [-0.2, 0) is 0 Å². The maximum absolute atomic E-state index is 2.36. The molecule has 0 N–H and O–H groups in total. The van der Waals surface area contributed by atoms with E-state index in [1.54, 1.807) is 0 Å². The fraction of sp³-hybridized carbons (Fsp3) is 1.00. The standard InChI is InChI=1S/C23H48/c1-4-7-9-11-12-13-14-15-16-17-19-22-23(20-6-3)21-18-10-8-5-2/h23H,4-22H2,1-3H3. The molecule has 0 amide bonds. The molecule has 0 radical (unpaired) electrons. The molecule has 140 valence electrons. The highest BCUT2D eigenvalue weighted by Gasteiger charge is 2.07. The highest BCUT2D eigenvalue weighted by molar-refractivity contribution is 4.60. The molecule has 0 aliphatic rings. The van der Waals surface area contributed by atoms with E-state index in [1.165, 1.54) is 122 Å². The zero-order valence-electron chi connectivity index (χ0n) is 17.0. The van der Waals surface area contributed by atoms with Crippen LogP contribution in [0.4, 0.5) is 0 Å². The summed E-state index contributed by atoms with van der Waals surface area (Å²) in [7, 11) is 0. The lowest BCUT2D eigenvalue weighted by atomic mass is 9.91. The van der Waals surface area contributed by atoms with Gasteiger partial charge in [-0.25, -0.2) is 0 Å². The fourth-order valence-electron chi connectivity index (χ4n) is 3.80. The van der Waals surface area contributed by atoms with Gasteiger partial charge in [-0.15, -0.1) is 0 Å². The SMILES string of the molecule is CCCCCCCCCCCCCC(CCC)CCCCCC. The Morgan fingerprint density at radius 2 is 0.696 bits per heavy atom. The lowest BCUT2D eigenvalue weighted by Gasteiger charge is -2.15. The summed E-state index contributed by atoms with van der Waals surface area (Å²) in [5.41, 5.74) is 0. The molecule has 0 spiro atoms. The maximum Gasteiger partial charge on any atom is -0.0414 e. The Labute approximate surface area is 149 Å². The van der Waals surface area contributed by atoms with Gasteiger partial charge in [-0.05, 0) is 5.92 Å². The molecule has 0 saturated heterocycles. The van der Waals surface area contributed by atoms with Gasteiger partial charge in [-0.3, -0.25) is 0 Å². The number of hydrogen-bond acceptors (Lipinski definition) is 0. The van der Waals surface area contributed by atoms with E-state index in [0.717, 1.165) is 5.92 Å². The molecular weight excluding hydrogens is 276 g/mol. The Morgan fingerprint density at radius 1 is 0.348 bits per heavy atom. The molecule has 0 saturated carbocycles. The first kappa shape index (κ1) is 23.0. The maximum atomic E-state index is 2.36. The third-order valence-corrected chi connectivity index (χ3v) is 5.38. The van der Waals surface area contributed by atoms with E-state index in [4.69, 9.17) is 0 Å². The van der Waals surface area contributed by atoms with Gasteiger partial charge in [-0.2, -0.15) is 0 Å². The first-order valence-corrected chi connectivity index (χ1v) is 11.3. The van der Waals surface area contributed by atoms with Crippen LogP contribution in [-0.4, -0.2) is 0 Å². The highest BCUT2D eigenvalue weighted by Crippen LogP contribution is 2.23. The van der Waals surface area contributed by atoms with Crippen molar-refractivity contribution in [1.82, 2.24) is 0 Å². The monoisotopic (exact) mass is 324 g/mol. The summed E-state index contributed by atoms with van der Waals surface area (Å²) in [5, 5.41) is 0. The molecule has 0 aromatic carbocycles. The van der Waals surface area contributed by atoms with Crippen molar-refractivity contribution in [2.45, 2.75) is 143 Å². The molecule has 0 nitrogen and oxygen atoms in total. The van der Waals surface area contributed by atoms with Crippen LogP contribution < -0.4 is 0 Å². The number of hydrogen-bond donors (Lipinski definition) is 0. The number of rotatable bonds is 19. The fourth-order valence-corrected chi connectivity index (χ4v) is 3.80. The summed E-state index contributed by atoms with van der Waals surface area (Å²) >= 11 is 0. The van der Waals surface area contributed by atoms with Crippen molar-refractivity contribution in [2.75, 3.05) is 0 Å². The third kappa shape index (κ3) is 18.2. The van der Waals surface area contributed by atoms with Crippen molar-refractivity contribution in [3.8, 4) is 0 Å². The first-order valence-electron chi connectivity index (χ1n) is 11.3. The second-order valence-electron chi connectivity index (χ2n) is 7.83. The van der Waals surface area contributed by atoms with Crippen LogP contribution in [0.25, 0.3) is 0 Å². The smallest absolute Gasteiger partial charge is 0.0414 e. The third-order valence-electron chi connectivity index (χ3n) is 5.38. The van der Waals surface area contributed by atoms with Crippen LogP contribution in [0.3, 0.4) is 0 Å². The highest BCUT2D eigenvalue weighted by atomic mass is 14.1. The minimum Gasteiger partial charge on any atom is -0.0654 e. The first-order chi connectivity index (χ1) is 11.3. The predicted octanol–water partition coefficient (Wildman–Crippen LogP) is 9.07. The van der Waals surface area contributed by atoms with Gasteiger partial charge in [-0.1, -0.05) is 143 Å². The minimum atomic E-state index is 1.04. The Bertz CT molecular complexity index is 196. The van der Waals surface area contributed by atoms with Gasteiger partial charge in [0.1, 0.15) is 0 Å². The van der Waals surface area contributed by atoms with E-state index in [-0.39, 0.29) is 0 Å². The van der Waals surface area contributed by atoms with Crippen LogP contribution in [0.15, 0.2) is 0 Å². The topological polar surface area (TPSA) is 0 Å². The van der Waals surface area contributed by atoms with Gasteiger partial charge in [0, 0.05) is 0 Å². The molecule has 0 aliphatic heterocycles. The lowest BCUT2D eigenvalue weighted by molar-refractivity contribution is 0.378. The molecule has 0 aromatic heterocycles. The molecule has 0 fully saturated rings. The molecule has 1 atom stereocenters. The Kier molecular flexibility index (Phi) is 20.0. The van der Waals surface area contributed by atoms with E-state index in [0.29, 0.717) is 0 Å². The van der Waals surface area contributed by atoms with E-state index in [2.05, 4.69) is 20.8 Å². The van der Waals surface area contributed by atoms with Gasteiger partial charge in [0.15, 0.2) is 0 Å². The Morgan fingerprint density at radius 3 is 1.09 bits per heavy atom. The normalized spacial score (nSPS) is 12.7. The molecule has 0 heteroatoms. The Hall–Kier alpha value is 0. The largest absolute Gasteiger partial charge is 0.0654 e. The van der Waals surface area contributed by atoms with E-state index in [1.807, 2.05) is 0 Å². The van der Waals surface area contributed by atoms with Gasteiger partial charge < -0.3 is 0 Å². The van der Waals surface area contributed by atoms with Crippen molar-refractivity contribution in [3.05, 3.63) is 0 Å². The molecule has 0 aliphatic carbocycles. The summed E-state index contributed by atoms with van der Waals surface area (Å²) in [6, 6.07) is 0. The van der Waals surface area contributed by atoms with Gasteiger partial charge in [0.05, 0.1) is 0 Å². The lowest BCUT2D eigenvalue weighted by Crippen LogP contribution is -2.00. The van der Waals surface area contributed by atoms with Crippen molar-refractivity contribution < 1.29 is 0 Å².